The molecule has 0 bridgehead atoms. The molecular formula is C13H16O4. The van der Waals surface area contributed by atoms with Gasteiger partial charge in [-0.25, -0.2) is 0 Å². The van der Waals surface area contributed by atoms with Gasteiger partial charge >= 0.3 is 5.97 Å². The van der Waals surface area contributed by atoms with Crippen LogP contribution < -0.4 is 4.74 Å². The highest BCUT2D eigenvalue weighted by Gasteiger charge is 2.22. The first kappa shape index (κ1) is 11.9. The summed E-state index contributed by atoms with van der Waals surface area (Å²) in [6, 6.07) is 7.55. The molecule has 2 atom stereocenters. The quantitative estimate of drug-likeness (QED) is 0.764. The van der Waals surface area contributed by atoms with Crippen LogP contribution in [0.5, 0.6) is 5.75 Å². The largest absolute Gasteiger partial charge is 0.491 e. The standard InChI is InChI=1S/C13H16O4/c1-9(13(14)15)6-10-2-4-11(5-3-10)16-7-12-8-17-12/h2-5,9,12H,6-8H2,1H3,(H,14,15). The molecule has 0 saturated carbocycles. The van der Waals surface area contributed by atoms with E-state index in [4.69, 9.17) is 14.6 Å². The second kappa shape index (κ2) is 5.19. The summed E-state index contributed by atoms with van der Waals surface area (Å²) in [5.41, 5.74) is 1.01. The van der Waals surface area contributed by atoms with E-state index in [0.717, 1.165) is 17.9 Å². The molecule has 0 amide bonds. The molecule has 4 nitrogen and oxygen atoms in total. The second-order valence-corrected chi connectivity index (χ2v) is 4.35. The minimum absolute atomic E-state index is 0.252. The molecule has 2 unspecified atom stereocenters. The Bertz CT molecular complexity index is 381. The van der Waals surface area contributed by atoms with Crippen LogP contribution >= 0.6 is 0 Å². The smallest absolute Gasteiger partial charge is 0.306 e. The Kier molecular flexibility index (Phi) is 3.64. The van der Waals surface area contributed by atoms with Gasteiger partial charge in [0.2, 0.25) is 0 Å². The summed E-state index contributed by atoms with van der Waals surface area (Å²) in [6.45, 7) is 3.08. The number of epoxide rings is 1. The Hall–Kier alpha value is -1.55. The van der Waals surface area contributed by atoms with Gasteiger partial charge in [-0.05, 0) is 24.1 Å². The Morgan fingerprint density at radius 3 is 2.71 bits per heavy atom. The zero-order valence-corrected chi connectivity index (χ0v) is 9.76. The van der Waals surface area contributed by atoms with Crippen LogP contribution in [0.1, 0.15) is 12.5 Å². The van der Waals surface area contributed by atoms with Crippen molar-refractivity contribution in [2.45, 2.75) is 19.4 Å². The molecule has 92 valence electrons. The fraction of sp³-hybridized carbons (Fsp3) is 0.462. The topological polar surface area (TPSA) is 59.1 Å². The maximum absolute atomic E-state index is 10.7. The van der Waals surface area contributed by atoms with Crippen LogP contribution in [0.2, 0.25) is 0 Å². The summed E-state index contributed by atoms with van der Waals surface area (Å²) in [7, 11) is 0. The first-order chi connectivity index (χ1) is 8.15. The summed E-state index contributed by atoms with van der Waals surface area (Å²) in [4.78, 5) is 10.7. The van der Waals surface area contributed by atoms with Gasteiger partial charge in [0.05, 0.1) is 12.5 Å². The average molecular weight is 236 g/mol. The third-order valence-corrected chi connectivity index (χ3v) is 2.73. The number of carbonyl (C=O) groups is 1. The number of rotatable bonds is 6. The molecule has 0 radical (unpaired) electrons. The van der Waals surface area contributed by atoms with Gasteiger partial charge in [0, 0.05) is 0 Å². The van der Waals surface area contributed by atoms with Gasteiger partial charge in [0.25, 0.3) is 0 Å². The Morgan fingerprint density at radius 2 is 2.18 bits per heavy atom. The monoisotopic (exact) mass is 236 g/mol. The maximum atomic E-state index is 10.7. The highest BCUT2D eigenvalue weighted by atomic mass is 16.6. The van der Waals surface area contributed by atoms with Gasteiger partial charge in [0.15, 0.2) is 0 Å². The fourth-order valence-corrected chi connectivity index (χ4v) is 1.52. The van der Waals surface area contributed by atoms with E-state index in [1.54, 1.807) is 6.92 Å². The SMILES string of the molecule is CC(Cc1ccc(OCC2CO2)cc1)C(=O)O. The lowest BCUT2D eigenvalue weighted by Gasteiger charge is -2.08. The van der Waals surface area contributed by atoms with Crippen molar-refractivity contribution in [2.75, 3.05) is 13.2 Å². The van der Waals surface area contributed by atoms with Crippen molar-refractivity contribution < 1.29 is 19.4 Å². The number of ether oxygens (including phenoxy) is 2. The summed E-state index contributed by atoms with van der Waals surface area (Å²) >= 11 is 0. The summed E-state index contributed by atoms with van der Waals surface area (Å²) in [5.74, 6) is -0.329. The molecule has 4 heteroatoms. The molecule has 0 spiro atoms. The lowest BCUT2D eigenvalue weighted by molar-refractivity contribution is -0.141. The van der Waals surface area contributed by atoms with Crippen LogP contribution in [0, 0.1) is 5.92 Å². The van der Waals surface area contributed by atoms with Crippen molar-refractivity contribution >= 4 is 5.97 Å². The van der Waals surface area contributed by atoms with E-state index in [9.17, 15) is 4.79 Å². The first-order valence-electron chi connectivity index (χ1n) is 5.71. The van der Waals surface area contributed by atoms with E-state index in [-0.39, 0.29) is 12.0 Å². The van der Waals surface area contributed by atoms with Gasteiger partial charge in [-0.3, -0.25) is 4.79 Å². The molecule has 1 heterocycles. The van der Waals surface area contributed by atoms with E-state index in [1.807, 2.05) is 24.3 Å². The predicted molar refractivity (Wildman–Crippen MR) is 62.2 cm³/mol. The Labute approximate surface area is 100 Å². The molecule has 1 fully saturated rings. The third-order valence-electron chi connectivity index (χ3n) is 2.73. The van der Waals surface area contributed by atoms with E-state index in [2.05, 4.69) is 0 Å². The van der Waals surface area contributed by atoms with Crippen molar-refractivity contribution in [2.24, 2.45) is 5.92 Å². The van der Waals surface area contributed by atoms with Crippen molar-refractivity contribution in [3.63, 3.8) is 0 Å². The highest BCUT2D eigenvalue weighted by molar-refractivity contribution is 5.69. The van der Waals surface area contributed by atoms with Crippen LogP contribution in [0.4, 0.5) is 0 Å². The molecular weight excluding hydrogens is 220 g/mol. The zero-order chi connectivity index (χ0) is 12.3. The number of hydrogen-bond acceptors (Lipinski definition) is 3. The van der Waals surface area contributed by atoms with Gasteiger partial charge in [-0.15, -0.1) is 0 Å². The molecule has 1 aromatic carbocycles. The second-order valence-electron chi connectivity index (χ2n) is 4.35. The number of hydrogen-bond donors (Lipinski definition) is 1. The molecule has 0 aromatic heterocycles. The molecule has 1 aliphatic rings. The minimum Gasteiger partial charge on any atom is -0.491 e. The Balaban J connectivity index is 1.85. The lowest BCUT2D eigenvalue weighted by atomic mass is 10.0. The van der Waals surface area contributed by atoms with E-state index in [1.165, 1.54) is 0 Å². The first-order valence-corrected chi connectivity index (χ1v) is 5.71. The molecule has 1 aliphatic heterocycles. The van der Waals surface area contributed by atoms with E-state index < -0.39 is 5.97 Å². The van der Waals surface area contributed by atoms with Crippen LogP contribution in [0.3, 0.4) is 0 Å². The molecule has 1 saturated heterocycles. The fourth-order valence-electron chi connectivity index (χ4n) is 1.52. The van der Waals surface area contributed by atoms with Crippen LogP contribution in [-0.2, 0) is 16.0 Å². The third kappa shape index (κ3) is 3.75. The number of benzene rings is 1. The normalized spacial score (nSPS) is 19.7. The van der Waals surface area contributed by atoms with Crippen molar-refractivity contribution in [3.05, 3.63) is 29.8 Å². The van der Waals surface area contributed by atoms with Crippen LogP contribution in [0.25, 0.3) is 0 Å². The summed E-state index contributed by atoms with van der Waals surface area (Å²) in [5, 5.41) is 8.81. The lowest BCUT2D eigenvalue weighted by Crippen LogP contribution is -2.12. The van der Waals surface area contributed by atoms with E-state index >= 15 is 0 Å². The number of aliphatic carboxylic acids is 1. The van der Waals surface area contributed by atoms with Crippen molar-refractivity contribution in [3.8, 4) is 5.75 Å². The van der Waals surface area contributed by atoms with Gasteiger partial charge in [0.1, 0.15) is 18.5 Å². The van der Waals surface area contributed by atoms with Crippen molar-refractivity contribution in [1.29, 1.82) is 0 Å². The molecule has 1 N–H and O–H groups in total. The molecule has 17 heavy (non-hydrogen) atoms. The minimum atomic E-state index is -0.767. The van der Waals surface area contributed by atoms with Crippen LogP contribution in [0.15, 0.2) is 24.3 Å². The summed E-state index contributed by atoms with van der Waals surface area (Å²) in [6.07, 6.45) is 0.795. The number of carboxylic acids is 1. The number of carboxylic acid groups (broad SMARTS) is 1. The van der Waals surface area contributed by atoms with Crippen molar-refractivity contribution in [1.82, 2.24) is 0 Å². The zero-order valence-electron chi connectivity index (χ0n) is 9.76. The molecule has 2 rings (SSSR count). The average Bonchev–Trinajstić information content (AvgIpc) is 3.12. The molecule has 0 aliphatic carbocycles. The van der Waals surface area contributed by atoms with Gasteiger partial charge < -0.3 is 14.6 Å². The summed E-state index contributed by atoms with van der Waals surface area (Å²) < 4.78 is 10.5. The van der Waals surface area contributed by atoms with E-state index in [0.29, 0.717) is 13.0 Å². The highest BCUT2D eigenvalue weighted by Crippen LogP contribution is 2.17. The van der Waals surface area contributed by atoms with Crippen LogP contribution in [-0.4, -0.2) is 30.4 Å². The Morgan fingerprint density at radius 1 is 1.53 bits per heavy atom. The molecule has 1 aromatic rings. The predicted octanol–water partition coefficient (Wildman–Crippen LogP) is 1.73. The maximum Gasteiger partial charge on any atom is 0.306 e. The van der Waals surface area contributed by atoms with Gasteiger partial charge in [-0.2, -0.15) is 0 Å². The van der Waals surface area contributed by atoms with Gasteiger partial charge in [-0.1, -0.05) is 19.1 Å².